The molecular weight excluding hydrogens is 186 g/mol. The summed E-state index contributed by atoms with van der Waals surface area (Å²) in [6, 6.07) is 7.67. The molecular formula is C11H10F2O. The topological polar surface area (TPSA) is 17.1 Å². The van der Waals surface area contributed by atoms with E-state index in [1.807, 2.05) is 24.3 Å². The summed E-state index contributed by atoms with van der Waals surface area (Å²) in [6.45, 7) is 0. The van der Waals surface area contributed by atoms with E-state index < -0.39 is 12.2 Å². The summed E-state index contributed by atoms with van der Waals surface area (Å²) in [7, 11) is 0. The van der Waals surface area contributed by atoms with Crippen LogP contribution in [0.5, 0.6) is 0 Å². The first-order chi connectivity index (χ1) is 6.68. The fourth-order valence-corrected chi connectivity index (χ4v) is 1.88. The standard InChI is InChI=1S/C11H10F2O/c12-11(13)10(14)6-8-5-7-3-1-2-4-9(7)8/h1-4,8,11H,5-6H2. The number of hydrogen-bond acceptors (Lipinski definition) is 1. The molecule has 0 saturated carbocycles. The van der Waals surface area contributed by atoms with Crippen LogP contribution in [0.1, 0.15) is 23.5 Å². The summed E-state index contributed by atoms with van der Waals surface area (Å²) in [5.41, 5.74) is 2.24. The fourth-order valence-electron chi connectivity index (χ4n) is 1.88. The van der Waals surface area contributed by atoms with Gasteiger partial charge in [-0.05, 0) is 23.5 Å². The van der Waals surface area contributed by atoms with E-state index in [-0.39, 0.29) is 12.3 Å². The first kappa shape index (κ1) is 9.31. The van der Waals surface area contributed by atoms with Gasteiger partial charge in [-0.25, -0.2) is 8.78 Å². The van der Waals surface area contributed by atoms with E-state index in [2.05, 4.69) is 0 Å². The van der Waals surface area contributed by atoms with Gasteiger partial charge in [0.1, 0.15) is 0 Å². The van der Waals surface area contributed by atoms with Crippen molar-refractivity contribution in [1.29, 1.82) is 0 Å². The number of carbonyl (C=O) groups is 1. The highest BCUT2D eigenvalue weighted by atomic mass is 19.3. The molecule has 0 heterocycles. The lowest BCUT2D eigenvalue weighted by molar-refractivity contribution is -0.130. The highest BCUT2D eigenvalue weighted by Gasteiger charge is 2.29. The first-order valence-corrected chi connectivity index (χ1v) is 4.57. The van der Waals surface area contributed by atoms with Crippen LogP contribution in [0.4, 0.5) is 8.78 Å². The SMILES string of the molecule is O=C(CC1Cc2ccccc21)C(F)F. The lowest BCUT2D eigenvalue weighted by Gasteiger charge is -2.29. The van der Waals surface area contributed by atoms with Crippen LogP contribution in [0.2, 0.25) is 0 Å². The van der Waals surface area contributed by atoms with Crippen molar-refractivity contribution in [3.8, 4) is 0 Å². The number of hydrogen-bond donors (Lipinski definition) is 0. The Labute approximate surface area is 80.7 Å². The molecule has 0 fully saturated rings. The molecule has 0 amide bonds. The smallest absolute Gasteiger partial charge is 0.293 e. The molecule has 0 radical (unpaired) electrons. The Bertz CT molecular complexity index is 360. The molecule has 1 atom stereocenters. The average molecular weight is 196 g/mol. The highest BCUT2D eigenvalue weighted by Crippen LogP contribution is 2.37. The highest BCUT2D eigenvalue weighted by molar-refractivity contribution is 5.82. The number of fused-ring (bicyclic) bond motifs is 1. The van der Waals surface area contributed by atoms with Crippen molar-refractivity contribution in [2.75, 3.05) is 0 Å². The number of rotatable bonds is 3. The van der Waals surface area contributed by atoms with Crippen LogP contribution in [0.25, 0.3) is 0 Å². The van der Waals surface area contributed by atoms with Crippen molar-refractivity contribution in [2.45, 2.75) is 25.2 Å². The zero-order valence-corrected chi connectivity index (χ0v) is 7.54. The van der Waals surface area contributed by atoms with Crippen LogP contribution in [0.3, 0.4) is 0 Å². The molecule has 2 rings (SSSR count). The minimum Gasteiger partial charge on any atom is -0.293 e. The van der Waals surface area contributed by atoms with Crippen LogP contribution < -0.4 is 0 Å². The molecule has 0 spiro atoms. The molecule has 74 valence electrons. The minimum absolute atomic E-state index is 0.0192. The summed E-state index contributed by atoms with van der Waals surface area (Å²) >= 11 is 0. The molecule has 0 N–H and O–H groups in total. The largest absolute Gasteiger partial charge is 0.296 e. The van der Waals surface area contributed by atoms with Crippen molar-refractivity contribution in [3.63, 3.8) is 0 Å². The van der Waals surface area contributed by atoms with E-state index in [9.17, 15) is 13.6 Å². The Morgan fingerprint density at radius 3 is 2.79 bits per heavy atom. The quantitative estimate of drug-likeness (QED) is 0.726. The molecule has 1 aromatic rings. The third kappa shape index (κ3) is 1.54. The van der Waals surface area contributed by atoms with Gasteiger partial charge in [0, 0.05) is 6.42 Å². The van der Waals surface area contributed by atoms with Gasteiger partial charge in [0.15, 0.2) is 5.78 Å². The number of alkyl halides is 2. The molecule has 0 saturated heterocycles. The van der Waals surface area contributed by atoms with Gasteiger partial charge in [0.25, 0.3) is 6.43 Å². The van der Waals surface area contributed by atoms with Gasteiger partial charge >= 0.3 is 0 Å². The number of carbonyl (C=O) groups excluding carboxylic acids is 1. The summed E-state index contributed by atoms with van der Waals surface area (Å²) < 4.78 is 24.0. The normalized spacial score (nSPS) is 18.9. The van der Waals surface area contributed by atoms with E-state index in [1.165, 1.54) is 5.56 Å². The zero-order chi connectivity index (χ0) is 10.1. The van der Waals surface area contributed by atoms with Crippen LogP contribution in [0.15, 0.2) is 24.3 Å². The lowest BCUT2D eigenvalue weighted by atomic mass is 9.75. The van der Waals surface area contributed by atoms with Crippen LogP contribution in [-0.4, -0.2) is 12.2 Å². The summed E-state index contributed by atoms with van der Waals surface area (Å²) in [6.07, 6.45) is -2.08. The minimum atomic E-state index is -2.82. The van der Waals surface area contributed by atoms with Crippen molar-refractivity contribution >= 4 is 5.78 Å². The van der Waals surface area contributed by atoms with Crippen LogP contribution in [-0.2, 0) is 11.2 Å². The molecule has 0 aliphatic heterocycles. The van der Waals surface area contributed by atoms with Gasteiger partial charge in [0.05, 0.1) is 0 Å². The third-order valence-electron chi connectivity index (χ3n) is 2.65. The number of benzene rings is 1. The molecule has 3 heteroatoms. The maximum atomic E-state index is 12.0. The van der Waals surface area contributed by atoms with E-state index in [0.29, 0.717) is 0 Å². The first-order valence-electron chi connectivity index (χ1n) is 4.57. The fraction of sp³-hybridized carbons (Fsp3) is 0.364. The van der Waals surface area contributed by atoms with Gasteiger partial charge in [-0.2, -0.15) is 0 Å². The number of Topliss-reactive ketones (excluding diaryl/α,β-unsaturated/α-hetero) is 1. The lowest BCUT2D eigenvalue weighted by Crippen LogP contribution is -2.22. The molecule has 1 aromatic carbocycles. The van der Waals surface area contributed by atoms with Crippen molar-refractivity contribution in [2.24, 2.45) is 0 Å². The number of halogens is 2. The maximum Gasteiger partial charge on any atom is 0.296 e. The van der Waals surface area contributed by atoms with Gasteiger partial charge in [-0.15, -0.1) is 0 Å². The molecule has 1 aliphatic carbocycles. The molecule has 1 aliphatic rings. The van der Waals surface area contributed by atoms with E-state index in [4.69, 9.17) is 0 Å². The summed E-state index contributed by atoms with van der Waals surface area (Å²) in [5, 5.41) is 0. The molecule has 14 heavy (non-hydrogen) atoms. The van der Waals surface area contributed by atoms with E-state index >= 15 is 0 Å². The van der Waals surface area contributed by atoms with Crippen molar-refractivity contribution < 1.29 is 13.6 Å². The summed E-state index contributed by atoms with van der Waals surface area (Å²) in [5.74, 6) is -0.919. The van der Waals surface area contributed by atoms with Gasteiger partial charge in [0.2, 0.25) is 0 Å². The predicted octanol–water partition coefficient (Wildman–Crippen LogP) is 2.55. The van der Waals surface area contributed by atoms with Gasteiger partial charge in [-0.1, -0.05) is 24.3 Å². The van der Waals surface area contributed by atoms with Gasteiger partial charge < -0.3 is 0 Å². The van der Waals surface area contributed by atoms with Gasteiger partial charge in [-0.3, -0.25) is 4.79 Å². The molecule has 0 bridgehead atoms. The monoisotopic (exact) mass is 196 g/mol. The third-order valence-corrected chi connectivity index (χ3v) is 2.65. The number of ketones is 1. The molecule has 1 unspecified atom stereocenters. The van der Waals surface area contributed by atoms with Crippen LogP contribution in [0, 0.1) is 0 Å². The second-order valence-corrected chi connectivity index (χ2v) is 3.57. The summed E-state index contributed by atoms with van der Waals surface area (Å²) in [4.78, 5) is 10.8. The maximum absolute atomic E-state index is 12.0. The van der Waals surface area contributed by atoms with Crippen molar-refractivity contribution in [3.05, 3.63) is 35.4 Å². The molecule has 0 aromatic heterocycles. The molecule has 1 nitrogen and oxygen atoms in total. The predicted molar refractivity (Wildman–Crippen MR) is 48.5 cm³/mol. The Balaban J connectivity index is 2.03. The van der Waals surface area contributed by atoms with Crippen molar-refractivity contribution in [1.82, 2.24) is 0 Å². The van der Waals surface area contributed by atoms with E-state index in [1.54, 1.807) is 0 Å². The Morgan fingerprint density at radius 2 is 2.14 bits per heavy atom. The van der Waals surface area contributed by atoms with E-state index in [0.717, 1.165) is 12.0 Å². The zero-order valence-electron chi connectivity index (χ0n) is 7.54. The second kappa shape index (κ2) is 3.48. The van der Waals surface area contributed by atoms with Crippen LogP contribution >= 0.6 is 0 Å². The Morgan fingerprint density at radius 1 is 1.43 bits per heavy atom. The Hall–Kier alpha value is -1.25. The second-order valence-electron chi connectivity index (χ2n) is 3.57. The average Bonchev–Trinajstić information content (AvgIpc) is 2.13. The Kier molecular flexibility index (Phi) is 2.32.